The summed E-state index contributed by atoms with van der Waals surface area (Å²) < 4.78 is 5.16. The van der Waals surface area contributed by atoms with Gasteiger partial charge in [0.2, 0.25) is 0 Å². The fourth-order valence-corrected chi connectivity index (χ4v) is 0.838. The summed E-state index contributed by atoms with van der Waals surface area (Å²) in [5.41, 5.74) is 5.20. The molecule has 0 bridgehead atoms. The summed E-state index contributed by atoms with van der Waals surface area (Å²) in [5.74, 6) is 0. The topological polar surface area (TPSA) is 75.7 Å². The predicted octanol–water partition coefficient (Wildman–Crippen LogP) is -0.906. The third-order valence-electron chi connectivity index (χ3n) is 1.47. The summed E-state index contributed by atoms with van der Waals surface area (Å²) in [6.45, 7) is 2.49. The largest absolute Gasteiger partial charge is 0.394 e. The molecule has 68 valence electrons. The molecule has 0 aromatic carbocycles. The molecule has 0 heterocycles. The second-order valence-electron chi connectivity index (χ2n) is 2.36. The standard InChI is InChI=1S/C7H17NO3/c1-2-7(6(10)5-9)11-4-3-8/h6-7,9-10H,2-5,8H2,1H3. The van der Waals surface area contributed by atoms with E-state index < -0.39 is 6.10 Å². The quantitative estimate of drug-likeness (QED) is 0.474. The molecule has 4 N–H and O–H groups in total. The molecular formula is C7H17NO3. The first kappa shape index (κ1) is 10.8. The average molecular weight is 163 g/mol. The van der Waals surface area contributed by atoms with Gasteiger partial charge in [0, 0.05) is 6.54 Å². The molecular weight excluding hydrogens is 146 g/mol. The first-order valence-corrected chi connectivity index (χ1v) is 3.86. The number of aliphatic hydroxyl groups is 2. The maximum Gasteiger partial charge on any atom is 0.103 e. The van der Waals surface area contributed by atoms with Gasteiger partial charge in [0.15, 0.2) is 0 Å². The SMILES string of the molecule is CCC(OCCN)C(O)CO. The Hall–Kier alpha value is -0.160. The van der Waals surface area contributed by atoms with Gasteiger partial charge in [0.1, 0.15) is 6.10 Å². The van der Waals surface area contributed by atoms with Crippen LogP contribution in [-0.4, -0.2) is 42.2 Å². The van der Waals surface area contributed by atoms with Crippen LogP contribution in [-0.2, 0) is 4.74 Å². The van der Waals surface area contributed by atoms with E-state index in [0.717, 1.165) is 0 Å². The van der Waals surface area contributed by atoms with Crippen LogP contribution in [0.2, 0.25) is 0 Å². The van der Waals surface area contributed by atoms with Crippen molar-refractivity contribution in [1.82, 2.24) is 0 Å². The Morgan fingerprint density at radius 2 is 2.18 bits per heavy atom. The van der Waals surface area contributed by atoms with E-state index in [-0.39, 0.29) is 12.7 Å². The second kappa shape index (κ2) is 6.54. The minimum atomic E-state index is -0.786. The molecule has 0 saturated carbocycles. The third kappa shape index (κ3) is 4.31. The van der Waals surface area contributed by atoms with Crippen molar-refractivity contribution in [3.63, 3.8) is 0 Å². The van der Waals surface area contributed by atoms with Gasteiger partial charge < -0.3 is 20.7 Å². The second-order valence-corrected chi connectivity index (χ2v) is 2.36. The average Bonchev–Trinajstić information content (AvgIpc) is 2.05. The van der Waals surface area contributed by atoms with Crippen LogP contribution >= 0.6 is 0 Å². The van der Waals surface area contributed by atoms with E-state index in [2.05, 4.69) is 0 Å². The lowest BCUT2D eigenvalue weighted by Crippen LogP contribution is -2.32. The highest BCUT2D eigenvalue weighted by Crippen LogP contribution is 2.02. The lowest BCUT2D eigenvalue weighted by molar-refractivity contribution is -0.0566. The zero-order valence-electron chi connectivity index (χ0n) is 6.86. The molecule has 2 atom stereocenters. The molecule has 0 fully saturated rings. The number of hydrogen-bond acceptors (Lipinski definition) is 4. The van der Waals surface area contributed by atoms with Gasteiger partial charge in [0.25, 0.3) is 0 Å². The summed E-state index contributed by atoms with van der Waals surface area (Å²) in [6, 6.07) is 0. The van der Waals surface area contributed by atoms with Gasteiger partial charge in [-0.2, -0.15) is 0 Å². The Morgan fingerprint density at radius 3 is 2.55 bits per heavy atom. The molecule has 0 radical (unpaired) electrons. The Balaban J connectivity index is 3.56. The van der Waals surface area contributed by atoms with Crippen molar-refractivity contribution >= 4 is 0 Å². The zero-order chi connectivity index (χ0) is 8.69. The Morgan fingerprint density at radius 1 is 1.55 bits per heavy atom. The van der Waals surface area contributed by atoms with E-state index in [1.54, 1.807) is 0 Å². The van der Waals surface area contributed by atoms with E-state index in [4.69, 9.17) is 20.7 Å². The maximum atomic E-state index is 9.13. The van der Waals surface area contributed by atoms with E-state index in [1.807, 2.05) is 6.92 Å². The van der Waals surface area contributed by atoms with Crippen molar-refractivity contribution in [3.05, 3.63) is 0 Å². The van der Waals surface area contributed by atoms with Crippen LogP contribution in [0.15, 0.2) is 0 Å². The van der Waals surface area contributed by atoms with Gasteiger partial charge in [-0.15, -0.1) is 0 Å². The normalized spacial score (nSPS) is 16.4. The van der Waals surface area contributed by atoms with Crippen molar-refractivity contribution in [2.24, 2.45) is 5.73 Å². The molecule has 0 aliphatic carbocycles. The summed E-state index contributed by atoms with van der Waals surface area (Å²) in [4.78, 5) is 0. The summed E-state index contributed by atoms with van der Waals surface area (Å²) in [7, 11) is 0. The van der Waals surface area contributed by atoms with Crippen LogP contribution in [0.4, 0.5) is 0 Å². The van der Waals surface area contributed by atoms with Crippen molar-refractivity contribution in [1.29, 1.82) is 0 Å². The van der Waals surface area contributed by atoms with Gasteiger partial charge in [-0.3, -0.25) is 0 Å². The van der Waals surface area contributed by atoms with E-state index >= 15 is 0 Å². The first-order valence-electron chi connectivity index (χ1n) is 3.86. The Bertz CT molecular complexity index is 89.8. The molecule has 0 saturated heterocycles. The highest BCUT2D eigenvalue weighted by molar-refractivity contribution is 4.65. The predicted molar refractivity (Wildman–Crippen MR) is 42.2 cm³/mol. The van der Waals surface area contributed by atoms with E-state index in [1.165, 1.54) is 0 Å². The number of hydrogen-bond donors (Lipinski definition) is 3. The summed E-state index contributed by atoms with van der Waals surface area (Å²) in [5, 5.41) is 17.7. The van der Waals surface area contributed by atoms with Gasteiger partial charge >= 0.3 is 0 Å². The lowest BCUT2D eigenvalue weighted by Gasteiger charge is -2.19. The Kier molecular flexibility index (Phi) is 6.45. The molecule has 0 amide bonds. The summed E-state index contributed by atoms with van der Waals surface area (Å²) in [6.07, 6.45) is -0.392. The van der Waals surface area contributed by atoms with Crippen molar-refractivity contribution in [3.8, 4) is 0 Å². The molecule has 0 aliphatic heterocycles. The van der Waals surface area contributed by atoms with Crippen LogP contribution < -0.4 is 5.73 Å². The molecule has 0 aliphatic rings. The summed E-state index contributed by atoms with van der Waals surface area (Å²) >= 11 is 0. The lowest BCUT2D eigenvalue weighted by atomic mass is 10.1. The van der Waals surface area contributed by atoms with Crippen LogP contribution in [0.3, 0.4) is 0 Å². The fourth-order valence-electron chi connectivity index (χ4n) is 0.838. The Labute approximate surface area is 67.0 Å². The molecule has 11 heavy (non-hydrogen) atoms. The highest BCUT2D eigenvalue weighted by atomic mass is 16.5. The highest BCUT2D eigenvalue weighted by Gasteiger charge is 2.15. The van der Waals surface area contributed by atoms with Crippen molar-refractivity contribution in [2.45, 2.75) is 25.6 Å². The zero-order valence-corrected chi connectivity index (χ0v) is 6.86. The molecule has 0 spiro atoms. The van der Waals surface area contributed by atoms with Crippen LogP contribution in [0, 0.1) is 0 Å². The first-order chi connectivity index (χ1) is 5.26. The van der Waals surface area contributed by atoms with Crippen LogP contribution in [0.5, 0.6) is 0 Å². The number of ether oxygens (including phenoxy) is 1. The van der Waals surface area contributed by atoms with Crippen molar-refractivity contribution < 1.29 is 14.9 Å². The molecule has 4 heteroatoms. The van der Waals surface area contributed by atoms with E-state index in [0.29, 0.717) is 19.6 Å². The number of nitrogens with two attached hydrogens (primary N) is 1. The molecule has 2 unspecified atom stereocenters. The molecule has 4 nitrogen and oxygen atoms in total. The van der Waals surface area contributed by atoms with Gasteiger partial charge in [-0.25, -0.2) is 0 Å². The minimum absolute atomic E-state index is 0.261. The van der Waals surface area contributed by atoms with Gasteiger partial charge in [-0.1, -0.05) is 6.92 Å². The maximum absolute atomic E-state index is 9.13. The third-order valence-corrected chi connectivity index (χ3v) is 1.47. The van der Waals surface area contributed by atoms with Crippen LogP contribution in [0.25, 0.3) is 0 Å². The number of aliphatic hydroxyl groups excluding tert-OH is 2. The van der Waals surface area contributed by atoms with E-state index in [9.17, 15) is 0 Å². The minimum Gasteiger partial charge on any atom is -0.394 e. The molecule has 0 aromatic rings. The monoisotopic (exact) mass is 163 g/mol. The van der Waals surface area contributed by atoms with Gasteiger partial charge in [0.05, 0.1) is 19.3 Å². The van der Waals surface area contributed by atoms with Crippen LogP contribution in [0.1, 0.15) is 13.3 Å². The van der Waals surface area contributed by atoms with Gasteiger partial charge in [-0.05, 0) is 6.42 Å². The fraction of sp³-hybridized carbons (Fsp3) is 1.00. The smallest absolute Gasteiger partial charge is 0.103 e. The number of rotatable bonds is 6. The van der Waals surface area contributed by atoms with Crippen molar-refractivity contribution in [2.75, 3.05) is 19.8 Å². The molecule has 0 aromatic heterocycles. The molecule has 0 rings (SSSR count).